The molecule has 1 fully saturated rings. The molecule has 1 aliphatic rings. The number of fused-ring (bicyclic) bond motifs is 2. The first-order valence-electron chi connectivity index (χ1n) is 9.67. The van der Waals surface area contributed by atoms with Gasteiger partial charge in [0.2, 0.25) is 0 Å². The molecule has 0 saturated carbocycles. The highest BCUT2D eigenvalue weighted by atomic mass is 16.3. The molecule has 0 amide bonds. The Morgan fingerprint density at radius 1 is 1.17 bits per heavy atom. The van der Waals surface area contributed by atoms with E-state index in [-0.39, 0.29) is 11.3 Å². The highest BCUT2D eigenvalue weighted by Gasteiger charge is 2.17. The van der Waals surface area contributed by atoms with Crippen LogP contribution in [0.1, 0.15) is 5.56 Å². The van der Waals surface area contributed by atoms with Crippen LogP contribution < -0.4 is 15.9 Å². The van der Waals surface area contributed by atoms with Crippen molar-refractivity contribution in [3.8, 4) is 17.0 Å². The highest BCUT2D eigenvalue weighted by molar-refractivity contribution is 5.91. The quantitative estimate of drug-likeness (QED) is 0.539. The Bertz CT molecular complexity index is 1300. The van der Waals surface area contributed by atoms with Crippen LogP contribution in [0, 0.1) is 6.92 Å². The van der Waals surface area contributed by atoms with E-state index in [1.54, 1.807) is 27.7 Å². The summed E-state index contributed by atoms with van der Waals surface area (Å²) >= 11 is 0. The summed E-state index contributed by atoms with van der Waals surface area (Å²) < 4.78 is 3.40. The average molecular weight is 390 g/mol. The maximum absolute atomic E-state index is 13.0. The topological polar surface area (TPSA) is 88.2 Å². The summed E-state index contributed by atoms with van der Waals surface area (Å²) in [6.07, 6.45) is 3.70. The zero-order valence-electron chi connectivity index (χ0n) is 16.4. The van der Waals surface area contributed by atoms with E-state index in [2.05, 4.69) is 15.4 Å². The molecule has 148 valence electrons. The van der Waals surface area contributed by atoms with Gasteiger partial charge >= 0.3 is 0 Å². The fourth-order valence-electron chi connectivity index (χ4n) is 3.99. The molecule has 1 aliphatic heterocycles. The number of phenols is 1. The number of nitrogens with one attached hydrogen (secondary N) is 1. The van der Waals surface area contributed by atoms with Crippen molar-refractivity contribution in [2.24, 2.45) is 7.05 Å². The van der Waals surface area contributed by atoms with Crippen molar-refractivity contribution in [2.75, 3.05) is 31.2 Å². The third-order valence-electron chi connectivity index (χ3n) is 5.53. The van der Waals surface area contributed by atoms with Gasteiger partial charge in [0.25, 0.3) is 5.56 Å². The number of nitrogens with zero attached hydrogens (tertiary/aromatic N) is 5. The largest absolute Gasteiger partial charge is 0.507 e. The first-order valence-corrected chi connectivity index (χ1v) is 9.67. The van der Waals surface area contributed by atoms with Crippen LogP contribution in [-0.2, 0) is 7.05 Å². The number of aromatic hydroxyl groups is 1. The summed E-state index contributed by atoms with van der Waals surface area (Å²) in [5, 5.41) is 22.0. The lowest BCUT2D eigenvalue weighted by atomic mass is 10.0. The summed E-state index contributed by atoms with van der Waals surface area (Å²) in [7, 11) is 1.86. The number of benzene rings is 1. The molecule has 0 spiro atoms. The molecule has 0 bridgehead atoms. The van der Waals surface area contributed by atoms with E-state index in [0.29, 0.717) is 27.7 Å². The van der Waals surface area contributed by atoms with Gasteiger partial charge in [0.1, 0.15) is 5.75 Å². The van der Waals surface area contributed by atoms with Crippen molar-refractivity contribution in [2.45, 2.75) is 6.92 Å². The van der Waals surface area contributed by atoms with Gasteiger partial charge in [0.05, 0.1) is 22.1 Å². The SMILES string of the molecule is Cc1c(O)c(-c2ccc3c(=O)n(N4CCNCC4)ccc3n2)cc2cn(C)nc12. The Balaban J connectivity index is 1.63. The minimum atomic E-state index is -0.0773. The second-order valence-electron chi connectivity index (χ2n) is 7.44. The van der Waals surface area contributed by atoms with Gasteiger partial charge in [0.15, 0.2) is 0 Å². The molecule has 4 aromatic rings. The molecule has 0 unspecified atom stereocenters. The molecule has 29 heavy (non-hydrogen) atoms. The maximum atomic E-state index is 13.0. The molecule has 1 aromatic carbocycles. The minimum absolute atomic E-state index is 0.0773. The molecule has 3 aromatic heterocycles. The number of hydrogen-bond donors (Lipinski definition) is 2. The Labute approximate surface area is 167 Å². The number of piperazine rings is 1. The van der Waals surface area contributed by atoms with E-state index < -0.39 is 0 Å². The lowest BCUT2D eigenvalue weighted by Gasteiger charge is -2.30. The fourth-order valence-corrected chi connectivity index (χ4v) is 3.99. The molecule has 0 atom stereocenters. The van der Waals surface area contributed by atoms with Gasteiger partial charge in [-0.2, -0.15) is 5.10 Å². The van der Waals surface area contributed by atoms with Crippen LogP contribution in [0.5, 0.6) is 5.75 Å². The van der Waals surface area contributed by atoms with Gasteiger partial charge in [0, 0.05) is 62.1 Å². The third-order valence-corrected chi connectivity index (χ3v) is 5.53. The van der Waals surface area contributed by atoms with E-state index in [1.165, 1.54) is 0 Å². The fraction of sp³-hybridized carbons (Fsp3) is 0.286. The van der Waals surface area contributed by atoms with E-state index in [1.807, 2.05) is 37.3 Å². The minimum Gasteiger partial charge on any atom is -0.507 e. The number of aromatic nitrogens is 4. The van der Waals surface area contributed by atoms with Crippen molar-refractivity contribution >= 4 is 21.8 Å². The molecule has 8 heteroatoms. The molecule has 8 nitrogen and oxygen atoms in total. The molecular weight excluding hydrogens is 368 g/mol. The van der Waals surface area contributed by atoms with Gasteiger partial charge in [-0.15, -0.1) is 0 Å². The summed E-state index contributed by atoms with van der Waals surface area (Å²) in [6.45, 7) is 5.14. The first kappa shape index (κ1) is 17.7. The Morgan fingerprint density at radius 3 is 2.76 bits per heavy atom. The van der Waals surface area contributed by atoms with Crippen molar-refractivity contribution < 1.29 is 5.11 Å². The molecular formula is C21H22N6O2. The number of aryl methyl sites for hydroxylation is 2. The maximum Gasteiger partial charge on any atom is 0.278 e. The van der Waals surface area contributed by atoms with E-state index in [9.17, 15) is 9.90 Å². The normalized spacial score (nSPS) is 14.8. The number of rotatable bonds is 2. The zero-order valence-corrected chi connectivity index (χ0v) is 16.4. The summed E-state index contributed by atoms with van der Waals surface area (Å²) in [5.41, 5.74) is 3.29. The van der Waals surface area contributed by atoms with Gasteiger partial charge in [-0.25, -0.2) is 9.66 Å². The van der Waals surface area contributed by atoms with Gasteiger partial charge in [-0.05, 0) is 31.2 Å². The number of pyridine rings is 2. The summed E-state index contributed by atoms with van der Waals surface area (Å²) in [5.74, 6) is 0.164. The standard InChI is InChI=1S/C21H22N6O2/c1-13-19-14(12-25(2)24-19)11-16(20(13)28)17-4-3-15-18(23-17)5-8-27(21(15)29)26-9-6-22-7-10-26/h3-5,8,11-12,22,28H,6-7,9-10H2,1-2H3. The highest BCUT2D eigenvalue weighted by Crippen LogP contribution is 2.36. The Hall–Kier alpha value is -3.39. The molecule has 4 heterocycles. The lowest BCUT2D eigenvalue weighted by molar-refractivity contribution is 0.474. The number of hydrogen-bond acceptors (Lipinski definition) is 6. The van der Waals surface area contributed by atoms with Crippen LogP contribution in [0.15, 0.2) is 41.5 Å². The predicted octanol–water partition coefficient (Wildman–Crippen LogP) is 1.51. The van der Waals surface area contributed by atoms with Crippen molar-refractivity contribution in [1.29, 1.82) is 0 Å². The predicted molar refractivity (Wildman–Crippen MR) is 113 cm³/mol. The monoisotopic (exact) mass is 390 g/mol. The zero-order chi connectivity index (χ0) is 20.1. The smallest absolute Gasteiger partial charge is 0.278 e. The molecule has 5 rings (SSSR count). The average Bonchev–Trinajstić information content (AvgIpc) is 3.12. The van der Waals surface area contributed by atoms with Gasteiger partial charge in [-0.3, -0.25) is 9.48 Å². The Kier molecular flexibility index (Phi) is 4.02. The van der Waals surface area contributed by atoms with Crippen LogP contribution in [0.25, 0.3) is 33.1 Å². The summed E-state index contributed by atoms with van der Waals surface area (Å²) in [4.78, 5) is 17.7. The van der Waals surface area contributed by atoms with Crippen molar-refractivity contribution in [1.82, 2.24) is 24.8 Å². The third kappa shape index (κ3) is 2.84. The second kappa shape index (κ2) is 6.59. The van der Waals surface area contributed by atoms with Gasteiger partial charge in [-0.1, -0.05) is 0 Å². The molecule has 0 aliphatic carbocycles. The molecule has 2 N–H and O–H groups in total. The van der Waals surface area contributed by atoms with E-state index in [4.69, 9.17) is 0 Å². The van der Waals surface area contributed by atoms with E-state index >= 15 is 0 Å². The van der Waals surface area contributed by atoms with Crippen LogP contribution in [-0.4, -0.2) is 50.7 Å². The van der Waals surface area contributed by atoms with Crippen LogP contribution in [0.3, 0.4) is 0 Å². The van der Waals surface area contributed by atoms with E-state index in [0.717, 1.165) is 37.1 Å². The summed E-state index contributed by atoms with van der Waals surface area (Å²) in [6, 6.07) is 7.33. The van der Waals surface area contributed by atoms with Gasteiger partial charge < -0.3 is 15.4 Å². The van der Waals surface area contributed by atoms with Crippen LogP contribution in [0.2, 0.25) is 0 Å². The van der Waals surface area contributed by atoms with Crippen molar-refractivity contribution in [3.05, 3.63) is 52.6 Å². The second-order valence-corrected chi connectivity index (χ2v) is 7.44. The number of phenolic OH excluding ortho intramolecular Hbond substituents is 1. The van der Waals surface area contributed by atoms with Crippen LogP contribution in [0.4, 0.5) is 0 Å². The van der Waals surface area contributed by atoms with Crippen molar-refractivity contribution in [3.63, 3.8) is 0 Å². The van der Waals surface area contributed by atoms with Crippen LogP contribution >= 0.6 is 0 Å². The molecule has 1 saturated heterocycles. The molecule has 0 radical (unpaired) electrons. The first-order chi connectivity index (χ1) is 14.0. The Morgan fingerprint density at radius 2 is 1.97 bits per heavy atom. The lowest BCUT2D eigenvalue weighted by Crippen LogP contribution is -2.52.